The molecule has 70 heavy (non-hydrogen) atoms. The average molecular weight is 1110 g/mol. The second kappa shape index (κ2) is 24.6. The van der Waals surface area contributed by atoms with Crippen LogP contribution in [0.4, 0.5) is 4.39 Å². The Balaban J connectivity index is 1.47. The van der Waals surface area contributed by atoms with Gasteiger partial charge in [-0.3, -0.25) is 4.79 Å². The number of aliphatic hydroxyl groups is 5. The van der Waals surface area contributed by atoms with Crippen LogP contribution in [-0.2, 0) is 39.6 Å². The molecule has 19 heteroatoms. The average Bonchev–Trinajstić information content (AvgIpc) is 3.78. The van der Waals surface area contributed by atoms with Gasteiger partial charge in [-0.15, -0.1) is 5.10 Å². The van der Waals surface area contributed by atoms with Crippen LogP contribution >= 0.6 is 22.6 Å². The highest BCUT2D eigenvalue weighted by molar-refractivity contribution is 14.1. The highest BCUT2D eigenvalue weighted by Crippen LogP contribution is 2.45. The van der Waals surface area contributed by atoms with E-state index in [1.165, 1.54) is 18.7 Å². The predicted octanol–water partition coefficient (Wildman–Crippen LogP) is 4.88. The van der Waals surface area contributed by atoms with Gasteiger partial charge in [0, 0.05) is 67.9 Å². The minimum atomic E-state index is -1.82. The molecule has 0 aliphatic carbocycles. The number of aliphatic hydroxyl groups excluding tert-OH is 3. The lowest BCUT2D eigenvalue weighted by molar-refractivity contribution is -0.302. The summed E-state index contributed by atoms with van der Waals surface area (Å²) in [5.74, 6) is -3.22. The lowest BCUT2D eigenvalue weighted by atomic mass is 9.68. The van der Waals surface area contributed by atoms with E-state index in [0.29, 0.717) is 31.6 Å². The first-order valence-corrected chi connectivity index (χ1v) is 26.2. The molecule has 0 amide bonds. The minimum absolute atomic E-state index is 0.178. The van der Waals surface area contributed by atoms with Gasteiger partial charge in [0.25, 0.3) is 0 Å². The number of ether oxygens (including phenoxy) is 6. The number of cyclic esters (lactones) is 1. The molecule has 0 saturated carbocycles. The van der Waals surface area contributed by atoms with E-state index in [0.717, 1.165) is 9.13 Å². The molecular weight excluding hydrogens is 1020 g/mol. The van der Waals surface area contributed by atoms with Crippen molar-refractivity contribution in [3.8, 4) is 0 Å². The number of hydrogen-bond donors (Lipinski definition) is 5. The molecule has 3 fully saturated rings. The first-order valence-electron chi connectivity index (χ1n) is 25.1. The molecule has 20 atom stereocenters. The summed E-state index contributed by atoms with van der Waals surface area (Å²) < 4.78 is 55.2. The summed E-state index contributed by atoms with van der Waals surface area (Å²) in [6.45, 7) is 18.0. The van der Waals surface area contributed by atoms with E-state index < -0.39 is 120 Å². The summed E-state index contributed by atoms with van der Waals surface area (Å²) in [4.78, 5) is 18.6. The Morgan fingerprint density at radius 1 is 1.00 bits per heavy atom. The zero-order chi connectivity index (χ0) is 52.2. The number of carbonyl (C=O) groups excluding carboxylic acids is 1. The summed E-state index contributed by atoms with van der Waals surface area (Å²) in [6, 6.07) is 5.96. The van der Waals surface area contributed by atoms with Crippen molar-refractivity contribution in [3.05, 3.63) is 45.3 Å². The molecule has 0 spiro atoms. The van der Waals surface area contributed by atoms with Crippen molar-refractivity contribution >= 4 is 28.6 Å². The van der Waals surface area contributed by atoms with E-state index in [4.69, 9.17) is 28.4 Å². The van der Waals surface area contributed by atoms with Crippen LogP contribution in [0.2, 0.25) is 0 Å². The Morgan fingerprint density at radius 3 is 2.26 bits per heavy atom. The predicted molar refractivity (Wildman–Crippen MR) is 269 cm³/mol. The third-order valence-electron chi connectivity index (χ3n) is 16.0. The summed E-state index contributed by atoms with van der Waals surface area (Å²) in [6.07, 6.45) is -6.04. The molecule has 400 valence electrons. The zero-order valence-corrected chi connectivity index (χ0v) is 46.1. The van der Waals surface area contributed by atoms with Crippen molar-refractivity contribution < 1.29 is 63.1 Å². The van der Waals surface area contributed by atoms with E-state index in [1.54, 1.807) is 54.8 Å². The molecule has 3 saturated heterocycles. The highest BCUT2D eigenvalue weighted by atomic mass is 127. The monoisotopic (exact) mass is 1110 g/mol. The van der Waals surface area contributed by atoms with E-state index in [9.17, 15) is 34.7 Å². The molecule has 1 unspecified atom stereocenters. The fraction of sp³-hybridized carbons (Fsp3) is 0.824. The van der Waals surface area contributed by atoms with Crippen LogP contribution in [0.15, 0.2) is 30.5 Å². The quantitative estimate of drug-likeness (QED) is 0.126. The van der Waals surface area contributed by atoms with Gasteiger partial charge in [0.2, 0.25) is 0 Å². The fourth-order valence-corrected chi connectivity index (χ4v) is 12.1. The van der Waals surface area contributed by atoms with Crippen LogP contribution < -0.4 is 0 Å². The number of aromatic nitrogens is 3. The Bertz CT molecular complexity index is 1950. The van der Waals surface area contributed by atoms with Gasteiger partial charge in [0.1, 0.15) is 48.8 Å². The first-order chi connectivity index (χ1) is 32.7. The van der Waals surface area contributed by atoms with Gasteiger partial charge in [-0.1, -0.05) is 45.0 Å². The molecule has 4 heterocycles. The number of rotatable bonds is 14. The van der Waals surface area contributed by atoms with Crippen molar-refractivity contribution in [1.82, 2.24) is 24.8 Å². The maximum Gasteiger partial charge on any atom is 0.309 e. The van der Waals surface area contributed by atoms with Crippen LogP contribution in [0.1, 0.15) is 118 Å². The number of nitrogens with zero attached hydrogens (tertiary/aromatic N) is 5. The number of hydrogen-bond acceptors (Lipinski definition) is 16. The number of halogens is 2. The zero-order valence-electron chi connectivity index (χ0n) is 43.9. The third-order valence-corrected chi connectivity index (χ3v) is 16.8. The van der Waals surface area contributed by atoms with Crippen molar-refractivity contribution in [3.63, 3.8) is 0 Å². The highest BCUT2D eigenvalue weighted by Gasteiger charge is 2.55. The van der Waals surface area contributed by atoms with Gasteiger partial charge in [0.15, 0.2) is 6.29 Å². The van der Waals surface area contributed by atoms with Crippen molar-refractivity contribution in [1.29, 1.82) is 0 Å². The standard InChI is InChI=1S/C51H85FIN5O12/c1-15-40-51(10,64)44(60)32(6)57(12)26-28(2)23-49(8,63)46(30(4)41(31(5)47(62)69-40)39-24-50(9,66-14)45(61)33(7)68-39)70-48-42(59)37(22-29(3)67-48)56(11)21-20-36-27-58(55-54-36)38(25-52)43(65-13)34-16-18-35(53)19-17-34/h16-19,27-33,37-46,48,59-61,63-64H,15,20-26H2,1-14H3/t28-,29-,30+,31-,32-,33+,37+,38-,39?,40-,41+,42-,43-,44-,45+,46-,48+,49-,50-,51-/m1/s1. The van der Waals surface area contributed by atoms with Gasteiger partial charge in [-0.25, -0.2) is 9.07 Å². The topological polar surface area (TPSA) is 211 Å². The van der Waals surface area contributed by atoms with E-state index in [-0.39, 0.29) is 31.3 Å². The number of methoxy groups -OCH3 is 2. The smallest absolute Gasteiger partial charge is 0.309 e. The van der Waals surface area contributed by atoms with E-state index >= 15 is 0 Å². The van der Waals surface area contributed by atoms with Gasteiger partial charge in [0.05, 0.1) is 47.2 Å². The number of carbonyl (C=O) groups is 1. The summed E-state index contributed by atoms with van der Waals surface area (Å²) in [7, 11) is 6.82. The SMILES string of the molecule is CC[C@H]1OC(=O)[C@H](C)[C@@H](C2C[C@@](C)(OC)[C@@H](O)[C@H](C)O2)[C@H](C)[C@@H](O[C@@H]2O[C@H](C)C[C@H](N(C)CCc3cn([C@H](CF)[C@H](OC)c4ccc(I)cc4)nn3)[C@H]2O)[C@](C)(O)C[C@@H](C)CN(C)[C@H](C)[C@@H](O)[C@]1(C)O. The molecule has 1 aromatic carbocycles. The molecule has 17 nitrogen and oxygen atoms in total. The number of alkyl halides is 1. The summed E-state index contributed by atoms with van der Waals surface area (Å²) in [5, 5.41) is 68.8. The second-order valence-corrected chi connectivity index (χ2v) is 22.9. The number of likely N-dealkylation sites (N-methyl/N-ethyl adjacent to an activating group) is 2. The van der Waals surface area contributed by atoms with Gasteiger partial charge in [-0.2, -0.15) is 0 Å². The lowest BCUT2D eigenvalue weighted by Crippen LogP contribution is -2.62. The Hall–Kier alpha value is -1.99. The van der Waals surface area contributed by atoms with Gasteiger partial charge in [-0.05, 0) is 127 Å². The lowest BCUT2D eigenvalue weighted by Gasteiger charge is -2.51. The van der Waals surface area contributed by atoms with E-state index in [2.05, 4.69) is 32.9 Å². The summed E-state index contributed by atoms with van der Waals surface area (Å²) in [5.41, 5.74) is -3.04. The maximum atomic E-state index is 14.7. The maximum absolute atomic E-state index is 14.7. The third kappa shape index (κ3) is 13.3. The molecule has 5 N–H and O–H groups in total. The molecule has 0 radical (unpaired) electrons. The molecular formula is C51H85FIN5O12. The van der Waals surface area contributed by atoms with Crippen LogP contribution in [0, 0.1) is 27.2 Å². The Labute approximate surface area is 429 Å². The minimum Gasteiger partial charge on any atom is -0.459 e. The van der Waals surface area contributed by atoms with Gasteiger partial charge >= 0.3 is 5.97 Å². The summed E-state index contributed by atoms with van der Waals surface area (Å²) >= 11 is 2.22. The molecule has 2 aromatic rings. The van der Waals surface area contributed by atoms with Crippen LogP contribution in [-0.4, -0.2) is 188 Å². The van der Waals surface area contributed by atoms with Crippen molar-refractivity contribution in [2.24, 2.45) is 23.7 Å². The number of esters is 1. The molecule has 0 bridgehead atoms. The number of benzene rings is 1. The van der Waals surface area contributed by atoms with Crippen LogP contribution in [0.5, 0.6) is 0 Å². The van der Waals surface area contributed by atoms with Crippen LogP contribution in [0.3, 0.4) is 0 Å². The largest absolute Gasteiger partial charge is 0.459 e. The van der Waals surface area contributed by atoms with E-state index in [1.807, 2.05) is 68.9 Å². The Kier molecular flexibility index (Phi) is 20.7. The molecule has 5 rings (SSSR count). The fourth-order valence-electron chi connectivity index (χ4n) is 11.7. The van der Waals surface area contributed by atoms with Crippen LogP contribution in [0.25, 0.3) is 0 Å². The van der Waals surface area contributed by atoms with Crippen molar-refractivity contribution in [2.45, 2.75) is 197 Å². The van der Waals surface area contributed by atoms with Crippen molar-refractivity contribution in [2.75, 3.05) is 48.1 Å². The first kappa shape index (κ1) is 58.9. The van der Waals surface area contributed by atoms with Gasteiger partial charge < -0.3 is 63.8 Å². The molecule has 1 aromatic heterocycles. The molecule has 3 aliphatic rings. The Morgan fingerprint density at radius 2 is 1.66 bits per heavy atom. The normalized spacial score (nSPS) is 40.8. The molecule has 3 aliphatic heterocycles. The second-order valence-electron chi connectivity index (χ2n) is 21.6.